The number of carbonyl (C=O) groups is 2. The molecule has 0 spiro atoms. The van der Waals surface area contributed by atoms with Crippen molar-refractivity contribution in [1.82, 2.24) is 10.2 Å². The van der Waals surface area contributed by atoms with Crippen LogP contribution < -0.4 is 10.1 Å². The van der Waals surface area contributed by atoms with Gasteiger partial charge >= 0.3 is 0 Å². The van der Waals surface area contributed by atoms with Gasteiger partial charge in [-0.2, -0.15) is 0 Å². The lowest BCUT2D eigenvalue weighted by atomic mass is 10.1. The number of fused-ring (bicyclic) bond motifs is 1. The molecule has 2 atom stereocenters. The van der Waals surface area contributed by atoms with E-state index in [-0.39, 0.29) is 24.5 Å². The molecule has 0 aliphatic heterocycles. The number of nitrogens with one attached hydrogen (secondary N) is 1. The number of hydrogen-bond donors (Lipinski definition) is 1. The largest absolute Gasteiger partial charge is 0.483 e. The van der Waals surface area contributed by atoms with E-state index >= 15 is 0 Å². The molecule has 0 fully saturated rings. The summed E-state index contributed by atoms with van der Waals surface area (Å²) >= 11 is 3.60. The number of benzene rings is 3. The Hall–Kier alpha value is -2.86. The molecule has 0 aromatic heterocycles. The fraction of sp³-hybridized carbons (Fsp3) is 0.333. The summed E-state index contributed by atoms with van der Waals surface area (Å²) in [7, 11) is 0. The molecule has 2 amide bonds. The molecule has 3 aromatic rings. The van der Waals surface area contributed by atoms with Gasteiger partial charge in [-0.1, -0.05) is 67.6 Å². The predicted octanol–water partition coefficient (Wildman–Crippen LogP) is 5.36. The van der Waals surface area contributed by atoms with E-state index in [9.17, 15) is 9.59 Å². The van der Waals surface area contributed by atoms with Crippen LogP contribution in [0.5, 0.6) is 5.75 Å². The minimum atomic E-state index is -0.598. The zero-order valence-corrected chi connectivity index (χ0v) is 21.0. The predicted molar refractivity (Wildman–Crippen MR) is 136 cm³/mol. The summed E-state index contributed by atoms with van der Waals surface area (Å²) < 4.78 is 6.71. The highest BCUT2D eigenvalue weighted by atomic mass is 79.9. The molecule has 174 valence electrons. The van der Waals surface area contributed by atoms with Crippen molar-refractivity contribution in [3.05, 3.63) is 76.8 Å². The van der Waals surface area contributed by atoms with Crippen LogP contribution in [0, 0.1) is 0 Å². The fourth-order valence-electron chi connectivity index (χ4n) is 3.58. The van der Waals surface area contributed by atoms with E-state index in [4.69, 9.17) is 4.74 Å². The van der Waals surface area contributed by atoms with Crippen LogP contribution in [-0.4, -0.2) is 41.9 Å². The smallest absolute Gasteiger partial charge is 0.261 e. The van der Waals surface area contributed by atoms with Crippen LogP contribution >= 0.6 is 15.9 Å². The van der Waals surface area contributed by atoms with Gasteiger partial charge in [-0.25, -0.2) is 0 Å². The van der Waals surface area contributed by atoms with Gasteiger partial charge in [0.15, 0.2) is 6.61 Å². The van der Waals surface area contributed by atoms with Gasteiger partial charge in [0.1, 0.15) is 11.8 Å². The second-order valence-electron chi connectivity index (χ2n) is 8.20. The number of carbonyl (C=O) groups excluding carboxylic acids is 2. The number of ether oxygens (including phenoxy) is 1. The Labute approximate surface area is 204 Å². The van der Waals surface area contributed by atoms with Crippen LogP contribution in [0.2, 0.25) is 0 Å². The first-order valence-electron chi connectivity index (χ1n) is 11.3. The molecule has 0 radical (unpaired) electrons. The van der Waals surface area contributed by atoms with E-state index < -0.39 is 6.04 Å². The quantitative estimate of drug-likeness (QED) is 0.399. The molecule has 33 heavy (non-hydrogen) atoms. The van der Waals surface area contributed by atoms with Crippen LogP contribution in [0.25, 0.3) is 10.8 Å². The van der Waals surface area contributed by atoms with E-state index in [1.165, 1.54) is 0 Å². The molecule has 0 bridgehead atoms. The SMILES string of the molecule is CC[C@@H](C)NC(=O)[C@@H](C)N(CCc1ccccc1)C(=O)COc1ccc2ccccc2c1Br. The maximum Gasteiger partial charge on any atom is 0.261 e. The molecule has 5 nitrogen and oxygen atoms in total. The average molecular weight is 511 g/mol. The van der Waals surface area contributed by atoms with E-state index in [2.05, 4.69) is 21.2 Å². The highest BCUT2D eigenvalue weighted by Gasteiger charge is 2.27. The number of amides is 2. The average Bonchev–Trinajstić information content (AvgIpc) is 2.84. The lowest BCUT2D eigenvalue weighted by Gasteiger charge is -2.29. The molecule has 0 unspecified atom stereocenters. The monoisotopic (exact) mass is 510 g/mol. The van der Waals surface area contributed by atoms with Gasteiger partial charge in [0.2, 0.25) is 5.91 Å². The van der Waals surface area contributed by atoms with Crippen LogP contribution in [0.15, 0.2) is 71.2 Å². The van der Waals surface area contributed by atoms with Gasteiger partial charge in [-0.3, -0.25) is 9.59 Å². The summed E-state index contributed by atoms with van der Waals surface area (Å²) in [5, 5.41) is 5.09. The second-order valence-corrected chi connectivity index (χ2v) is 9.00. The van der Waals surface area contributed by atoms with Gasteiger partial charge in [-0.15, -0.1) is 0 Å². The molecule has 0 heterocycles. The molecular weight excluding hydrogens is 480 g/mol. The Balaban J connectivity index is 1.73. The van der Waals surface area contributed by atoms with Gasteiger partial charge in [0.25, 0.3) is 5.91 Å². The molecule has 3 aromatic carbocycles. The maximum atomic E-state index is 13.2. The minimum Gasteiger partial charge on any atom is -0.483 e. The fourth-order valence-corrected chi connectivity index (χ4v) is 4.19. The summed E-state index contributed by atoms with van der Waals surface area (Å²) in [4.78, 5) is 27.6. The summed E-state index contributed by atoms with van der Waals surface area (Å²) in [6.07, 6.45) is 1.49. The van der Waals surface area contributed by atoms with Crippen molar-refractivity contribution < 1.29 is 14.3 Å². The zero-order valence-electron chi connectivity index (χ0n) is 19.4. The first-order valence-corrected chi connectivity index (χ1v) is 12.1. The maximum absolute atomic E-state index is 13.2. The second kappa shape index (κ2) is 11.8. The summed E-state index contributed by atoms with van der Waals surface area (Å²) in [6, 6.07) is 21.2. The van der Waals surface area contributed by atoms with Gasteiger partial charge in [-0.05, 0) is 65.0 Å². The zero-order chi connectivity index (χ0) is 23.8. The van der Waals surface area contributed by atoms with E-state index in [0.717, 1.165) is 27.2 Å². The van der Waals surface area contributed by atoms with Crippen LogP contribution in [-0.2, 0) is 16.0 Å². The summed E-state index contributed by atoms with van der Waals surface area (Å²) in [5.74, 6) is 0.220. The molecule has 0 aliphatic rings. The van der Waals surface area contributed by atoms with Crippen molar-refractivity contribution in [2.75, 3.05) is 13.2 Å². The van der Waals surface area contributed by atoms with Crippen molar-refractivity contribution >= 4 is 38.5 Å². The number of nitrogens with zero attached hydrogens (tertiary/aromatic N) is 1. The third kappa shape index (κ3) is 6.57. The first kappa shape index (κ1) is 24.8. The molecular formula is C27H31BrN2O3. The van der Waals surface area contributed by atoms with Crippen molar-refractivity contribution in [2.45, 2.75) is 45.7 Å². The van der Waals surface area contributed by atoms with Crippen molar-refractivity contribution in [3.8, 4) is 5.75 Å². The Morgan fingerprint density at radius 2 is 1.70 bits per heavy atom. The van der Waals surface area contributed by atoms with Gasteiger partial charge in [0.05, 0.1) is 4.47 Å². The summed E-state index contributed by atoms with van der Waals surface area (Å²) in [5.41, 5.74) is 1.11. The van der Waals surface area contributed by atoms with Crippen LogP contribution in [0.4, 0.5) is 0 Å². The van der Waals surface area contributed by atoms with Crippen molar-refractivity contribution in [1.29, 1.82) is 0 Å². The third-order valence-corrected chi connectivity index (χ3v) is 6.65. The Kier molecular flexibility index (Phi) is 8.89. The number of halogens is 1. The van der Waals surface area contributed by atoms with Crippen LogP contribution in [0.1, 0.15) is 32.8 Å². The Morgan fingerprint density at radius 3 is 2.42 bits per heavy atom. The molecule has 0 saturated heterocycles. The van der Waals surface area contributed by atoms with Crippen LogP contribution in [0.3, 0.4) is 0 Å². The molecule has 3 rings (SSSR count). The first-order chi connectivity index (χ1) is 15.9. The summed E-state index contributed by atoms with van der Waals surface area (Å²) in [6.45, 7) is 6.03. The van der Waals surface area contributed by atoms with E-state index in [1.807, 2.05) is 80.6 Å². The normalized spacial score (nSPS) is 12.7. The standard InChI is InChI=1S/C27H31BrN2O3/c1-4-19(2)29-27(32)20(3)30(17-16-21-10-6-5-7-11-21)25(31)18-33-24-15-14-22-12-8-9-13-23(22)26(24)28/h5-15,19-20H,4,16-18H2,1-3H3,(H,29,32)/t19-,20-/m1/s1. The molecule has 6 heteroatoms. The minimum absolute atomic E-state index is 0.0517. The Morgan fingerprint density at radius 1 is 1.00 bits per heavy atom. The van der Waals surface area contributed by atoms with Gasteiger partial charge in [0, 0.05) is 12.6 Å². The number of rotatable bonds is 10. The highest BCUT2D eigenvalue weighted by Crippen LogP contribution is 2.33. The van der Waals surface area contributed by atoms with Crippen molar-refractivity contribution in [3.63, 3.8) is 0 Å². The Bertz CT molecular complexity index is 1090. The lowest BCUT2D eigenvalue weighted by molar-refractivity contribution is -0.141. The third-order valence-electron chi connectivity index (χ3n) is 5.83. The van der Waals surface area contributed by atoms with Crippen molar-refractivity contribution in [2.24, 2.45) is 0 Å². The molecule has 0 aliphatic carbocycles. The van der Waals surface area contributed by atoms with E-state index in [0.29, 0.717) is 18.7 Å². The molecule has 0 saturated carbocycles. The van der Waals surface area contributed by atoms with Gasteiger partial charge < -0.3 is 15.0 Å². The topological polar surface area (TPSA) is 58.6 Å². The highest BCUT2D eigenvalue weighted by molar-refractivity contribution is 9.10. The number of hydrogen-bond acceptors (Lipinski definition) is 3. The lowest BCUT2D eigenvalue weighted by Crippen LogP contribution is -2.51. The van der Waals surface area contributed by atoms with E-state index in [1.54, 1.807) is 11.8 Å². The molecule has 1 N–H and O–H groups in total.